The number of aromatic hydroxyl groups is 2. The lowest BCUT2D eigenvalue weighted by atomic mass is 10.0. The number of benzene rings is 1. The van der Waals surface area contributed by atoms with Gasteiger partial charge in [0.2, 0.25) is 0 Å². The monoisotopic (exact) mass is 263 g/mol. The van der Waals surface area contributed by atoms with Gasteiger partial charge in [0.25, 0.3) is 0 Å². The summed E-state index contributed by atoms with van der Waals surface area (Å²) in [4.78, 5) is 0. The van der Waals surface area contributed by atoms with E-state index in [0.717, 1.165) is 12.5 Å². The third-order valence-corrected chi connectivity index (χ3v) is 4.21. The van der Waals surface area contributed by atoms with Crippen molar-refractivity contribution in [2.45, 2.75) is 51.5 Å². The van der Waals surface area contributed by atoms with E-state index >= 15 is 0 Å². The molecule has 1 aromatic rings. The number of phenolic OH excluding ortho intramolecular Hbond substituents is 2. The van der Waals surface area contributed by atoms with Crippen LogP contribution in [0.5, 0.6) is 11.5 Å². The van der Waals surface area contributed by atoms with E-state index in [9.17, 15) is 10.2 Å². The summed E-state index contributed by atoms with van der Waals surface area (Å²) in [7, 11) is 0. The highest BCUT2D eigenvalue weighted by atomic mass is 16.3. The van der Waals surface area contributed by atoms with E-state index in [2.05, 4.69) is 5.32 Å². The van der Waals surface area contributed by atoms with E-state index in [1.54, 1.807) is 18.2 Å². The Morgan fingerprint density at radius 3 is 2.47 bits per heavy atom. The molecule has 1 aromatic carbocycles. The van der Waals surface area contributed by atoms with Crippen molar-refractivity contribution in [1.82, 2.24) is 5.32 Å². The Bertz CT molecular complexity index is 379. The van der Waals surface area contributed by atoms with Crippen molar-refractivity contribution in [2.24, 2.45) is 5.92 Å². The van der Waals surface area contributed by atoms with Crippen molar-refractivity contribution in [1.29, 1.82) is 0 Å². The molecule has 0 heterocycles. The molecule has 1 aliphatic rings. The molecule has 1 aliphatic carbocycles. The number of hydrogen-bond donors (Lipinski definition) is 3. The van der Waals surface area contributed by atoms with Crippen molar-refractivity contribution in [3.05, 3.63) is 23.8 Å². The van der Waals surface area contributed by atoms with E-state index in [0.29, 0.717) is 5.56 Å². The molecule has 2 rings (SSSR count). The molecule has 1 fully saturated rings. The van der Waals surface area contributed by atoms with Crippen LogP contribution in [0, 0.1) is 5.92 Å². The minimum absolute atomic E-state index is 0.0234. The Hall–Kier alpha value is -1.22. The molecule has 0 aromatic heterocycles. The fourth-order valence-electron chi connectivity index (χ4n) is 3.10. The highest BCUT2D eigenvalue weighted by Gasteiger charge is 2.16. The van der Waals surface area contributed by atoms with Gasteiger partial charge in [-0.1, -0.05) is 31.7 Å². The van der Waals surface area contributed by atoms with Crippen molar-refractivity contribution in [2.75, 3.05) is 6.54 Å². The second-order valence-electron chi connectivity index (χ2n) is 5.68. The van der Waals surface area contributed by atoms with Gasteiger partial charge in [-0.05, 0) is 44.4 Å². The average molecular weight is 263 g/mol. The zero-order valence-electron chi connectivity index (χ0n) is 11.7. The van der Waals surface area contributed by atoms with E-state index in [1.807, 2.05) is 6.92 Å². The maximum absolute atomic E-state index is 9.79. The summed E-state index contributed by atoms with van der Waals surface area (Å²) in [5.41, 5.74) is 0.600. The molecule has 19 heavy (non-hydrogen) atoms. The summed E-state index contributed by atoms with van der Waals surface area (Å²) < 4.78 is 0. The first-order valence-electron chi connectivity index (χ1n) is 7.42. The number of hydrogen-bond acceptors (Lipinski definition) is 3. The Morgan fingerprint density at radius 1 is 1.21 bits per heavy atom. The first kappa shape index (κ1) is 14.2. The Labute approximate surface area is 115 Å². The number of rotatable bonds is 6. The molecule has 0 amide bonds. The minimum Gasteiger partial charge on any atom is -0.507 e. The average Bonchev–Trinajstić information content (AvgIpc) is 2.87. The highest BCUT2D eigenvalue weighted by Crippen LogP contribution is 2.32. The largest absolute Gasteiger partial charge is 0.507 e. The van der Waals surface area contributed by atoms with Crippen LogP contribution in [0.4, 0.5) is 0 Å². The van der Waals surface area contributed by atoms with E-state index in [-0.39, 0.29) is 17.5 Å². The lowest BCUT2D eigenvalue weighted by Gasteiger charge is -2.17. The van der Waals surface area contributed by atoms with Crippen molar-refractivity contribution < 1.29 is 10.2 Å². The van der Waals surface area contributed by atoms with Crippen LogP contribution in [-0.2, 0) is 0 Å². The smallest absolute Gasteiger partial charge is 0.124 e. The zero-order chi connectivity index (χ0) is 13.7. The molecule has 1 atom stereocenters. The van der Waals surface area contributed by atoms with Crippen LogP contribution >= 0.6 is 0 Å². The lowest BCUT2D eigenvalue weighted by molar-refractivity contribution is 0.411. The Balaban J connectivity index is 1.76. The van der Waals surface area contributed by atoms with Crippen LogP contribution in [0.2, 0.25) is 0 Å². The normalized spacial score (nSPS) is 17.7. The van der Waals surface area contributed by atoms with Crippen LogP contribution in [0.15, 0.2) is 18.2 Å². The maximum Gasteiger partial charge on any atom is 0.124 e. The molecule has 3 N–H and O–H groups in total. The van der Waals surface area contributed by atoms with Crippen LogP contribution < -0.4 is 5.32 Å². The molecule has 0 aliphatic heterocycles. The summed E-state index contributed by atoms with van der Waals surface area (Å²) in [5.74, 6) is 1.25. The van der Waals surface area contributed by atoms with Gasteiger partial charge in [-0.15, -0.1) is 0 Å². The van der Waals surface area contributed by atoms with E-state index in [1.165, 1.54) is 38.5 Å². The van der Waals surface area contributed by atoms with Gasteiger partial charge in [0.1, 0.15) is 11.5 Å². The Kier molecular flexibility index (Phi) is 5.08. The molecule has 0 bridgehead atoms. The van der Waals surface area contributed by atoms with Crippen LogP contribution in [0.3, 0.4) is 0 Å². The van der Waals surface area contributed by atoms with Crippen LogP contribution in [0.1, 0.15) is 57.1 Å². The summed E-state index contributed by atoms with van der Waals surface area (Å²) in [6.07, 6.45) is 8.07. The molecule has 0 saturated heterocycles. The van der Waals surface area contributed by atoms with Gasteiger partial charge in [-0.2, -0.15) is 0 Å². The molecule has 3 heteroatoms. The molecule has 0 spiro atoms. The molecule has 1 saturated carbocycles. The van der Waals surface area contributed by atoms with Crippen molar-refractivity contribution >= 4 is 0 Å². The first-order chi connectivity index (χ1) is 9.18. The minimum atomic E-state index is -0.0234. The number of nitrogens with one attached hydrogen (secondary N) is 1. The highest BCUT2D eigenvalue weighted by molar-refractivity contribution is 5.44. The predicted octanol–water partition coefficient (Wildman–Crippen LogP) is 3.72. The topological polar surface area (TPSA) is 52.5 Å². The van der Waals surface area contributed by atoms with Gasteiger partial charge < -0.3 is 15.5 Å². The fourth-order valence-corrected chi connectivity index (χ4v) is 3.10. The summed E-state index contributed by atoms with van der Waals surface area (Å²) in [5, 5.41) is 23.0. The van der Waals surface area contributed by atoms with Crippen LogP contribution in [-0.4, -0.2) is 16.8 Å². The molecular weight excluding hydrogens is 238 g/mol. The van der Waals surface area contributed by atoms with Gasteiger partial charge in [0, 0.05) is 6.04 Å². The third-order valence-electron chi connectivity index (χ3n) is 4.21. The van der Waals surface area contributed by atoms with Gasteiger partial charge in [0.15, 0.2) is 0 Å². The second-order valence-corrected chi connectivity index (χ2v) is 5.68. The summed E-state index contributed by atoms with van der Waals surface area (Å²) in [6.45, 7) is 2.91. The van der Waals surface area contributed by atoms with E-state index < -0.39 is 0 Å². The second kappa shape index (κ2) is 6.80. The van der Waals surface area contributed by atoms with E-state index in [4.69, 9.17) is 0 Å². The van der Waals surface area contributed by atoms with Crippen molar-refractivity contribution in [3.63, 3.8) is 0 Å². The third kappa shape index (κ3) is 3.87. The standard InChI is InChI=1S/C16H25NO2/c1-12(16-14(18)9-4-10-15(16)19)17-11-5-8-13-6-2-3-7-13/h4,9-10,12-13,17-19H,2-3,5-8,11H2,1H3. The summed E-state index contributed by atoms with van der Waals surface area (Å²) in [6, 6.07) is 4.86. The molecule has 1 unspecified atom stereocenters. The molecule has 3 nitrogen and oxygen atoms in total. The zero-order valence-corrected chi connectivity index (χ0v) is 11.7. The maximum atomic E-state index is 9.79. The van der Waals surface area contributed by atoms with Gasteiger partial charge in [-0.3, -0.25) is 0 Å². The molecular formula is C16H25NO2. The molecule has 106 valence electrons. The first-order valence-corrected chi connectivity index (χ1v) is 7.42. The predicted molar refractivity (Wildman–Crippen MR) is 77.4 cm³/mol. The van der Waals surface area contributed by atoms with Gasteiger partial charge in [-0.25, -0.2) is 0 Å². The summed E-state index contributed by atoms with van der Waals surface area (Å²) >= 11 is 0. The molecule has 0 radical (unpaired) electrons. The lowest BCUT2D eigenvalue weighted by Crippen LogP contribution is -2.20. The SMILES string of the molecule is CC(NCCCC1CCCC1)c1c(O)cccc1O. The van der Waals surface area contributed by atoms with Gasteiger partial charge in [0.05, 0.1) is 5.56 Å². The quantitative estimate of drug-likeness (QED) is 0.686. The fraction of sp³-hybridized carbons (Fsp3) is 0.625. The number of phenols is 2. The van der Waals surface area contributed by atoms with Gasteiger partial charge >= 0.3 is 0 Å². The Morgan fingerprint density at radius 2 is 1.84 bits per heavy atom. The van der Waals surface area contributed by atoms with Crippen molar-refractivity contribution in [3.8, 4) is 11.5 Å². The van der Waals surface area contributed by atoms with Crippen LogP contribution in [0.25, 0.3) is 0 Å².